The fraction of sp³-hybridized carbons (Fsp3) is 0.308. The number of hydrogen-bond acceptors (Lipinski definition) is 3. The molecule has 90 valence electrons. The summed E-state index contributed by atoms with van der Waals surface area (Å²) in [4.78, 5) is 11.4. The lowest BCUT2D eigenvalue weighted by molar-refractivity contribution is 0.490. The summed E-state index contributed by atoms with van der Waals surface area (Å²) in [5.41, 5.74) is 0.930. The van der Waals surface area contributed by atoms with Crippen LogP contribution in [-0.4, -0.2) is 4.57 Å². The maximum absolute atomic E-state index is 11.4. The van der Waals surface area contributed by atoms with Crippen LogP contribution in [0.15, 0.2) is 45.9 Å². The van der Waals surface area contributed by atoms with Crippen LogP contribution in [0.1, 0.15) is 25.6 Å². The van der Waals surface area contributed by atoms with E-state index in [0.29, 0.717) is 6.54 Å². The van der Waals surface area contributed by atoms with Crippen molar-refractivity contribution >= 4 is 5.69 Å². The number of furan rings is 1. The molecular weight excluding hydrogens is 216 g/mol. The zero-order valence-electron chi connectivity index (χ0n) is 10.0. The molecule has 0 aromatic carbocycles. The third kappa shape index (κ3) is 2.58. The maximum Gasteiger partial charge on any atom is 0.250 e. The monoisotopic (exact) mass is 232 g/mol. The Morgan fingerprint density at radius 3 is 2.88 bits per heavy atom. The second-order valence-electron chi connectivity index (χ2n) is 3.92. The molecule has 0 bridgehead atoms. The molecular formula is C13H16N2O2. The largest absolute Gasteiger partial charge is 0.467 e. The van der Waals surface area contributed by atoms with Gasteiger partial charge in [-0.3, -0.25) is 4.79 Å². The summed E-state index contributed by atoms with van der Waals surface area (Å²) < 4.78 is 6.98. The number of anilines is 1. The first kappa shape index (κ1) is 11.5. The van der Waals surface area contributed by atoms with Crippen molar-refractivity contribution in [2.75, 3.05) is 5.32 Å². The van der Waals surface area contributed by atoms with E-state index >= 15 is 0 Å². The number of nitrogens with zero attached hydrogens (tertiary/aromatic N) is 1. The van der Waals surface area contributed by atoms with Crippen molar-refractivity contribution in [2.45, 2.75) is 26.4 Å². The quantitative estimate of drug-likeness (QED) is 0.881. The van der Waals surface area contributed by atoms with E-state index in [4.69, 9.17) is 4.42 Å². The first-order valence-electron chi connectivity index (χ1n) is 5.71. The Labute approximate surface area is 99.9 Å². The van der Waals surface area contributed by atoms with Crippen molar-refractivity contribution in [2.24, 2.45) is 0 Å². The number of aryl methyl sites for hydroxylation is 1. The van der Waals surface area contributed by atoms with Gasteiger partial charge in [-0.1, -0.05) is 0 Å². The van der Waals surface area contributed by atoms with Gasteiger partial charge in [0.15, 0.2) is 0 Å². The van der Waals surface area contributed by atoms with Crippen LogP contribution in [0, 0.1) is 0 Å². The predicted molar refractivity (Wildman–Crippen MR) is 67.1 cm³/mol. The van der Waals surface area contributed by atoms with Crippen LogP contribution in [0.5, 0.6) is 0 Å². The van der Waals surface area contributed by atoms with Gasteiger partial charge in [0.1, 0.15) is 5.76 Å². The van der Waals surface area contributed by atoms with E-state index in [1.807, 2.05) is 32.2 Å². The molecule has 0 aliphatic rings. The molecule has 4 nitrogen and oxygen atoms in total. The van der Waals surface area contributed by atoms with Crippen molar-refractivity contribution in [3.63, 3.8) is 0 Å². The van der Waals surface area contributed by atoms with Crippen LogP contribution in [-0.2, 0) is 6.54 Å². The van der Waals surface area contributed by atoms with Gasteiger partial charge in [0, 0.05) is 18.8 Å². The second kappa shape index (κ2) is 4.91. The van der Waals surface area contributed by atoms with Crippen LogP contribution in [0.25, 0.3) is 0 Å². The van der Waals surface area contributed by atoms with E-state index in [1.54, 1.807) is 23.0 Å². The number of nitrogens with one attached hydrogen (secondary N) is 1. The second-order valence-corrected chi connectivity index (χ2v) is 3.92. The predicted octanol–water partition coefficient (Wildman–Crippen LogP) is 2.63. The molecule has 0 aliphatic heterocycles. The fourth-order valence-electron chi connectivity index (χ4n) is 1.72. The molecule has 1 unspecified atom stereocenters. The standard InChI is InChI=1S/C13H16N2O2/c1-3-15-9-11(6-7-13(15)16)14-10(2)12-5-4-8-17-12/h4-10,14H,3H2,1-2H3. The zero-order valence-corrected chi connectivity index (χ0v) is 10.0. The molecule has 2 aromatic rings. The summed E-state index contributed by atoms with van der Waals surface area (Å²) in [6.45, 7) is 4.63. The van der Waals surface area contributed by atoms with Gasteiger partial charge in [-0.25, -0.2) is 0 Å². The van der Waals surface area contributed by atoms with E-state index in [-0.39, 0.29) is 11.6 Å². The van der Waals surface area contributed by atoms with Gasteiger partial charge in [-0.15, -0.1) is 0 Å². The SMILES string of the molecule is CCn1cc(NC(C)c2ccco2)ccc1=O. The average Bonchev–Trinajstić information content (AvgIpc) is 2.85. The molecule has 1 N–H and O–H groups in total. The smallest absolute Gasteiger partial charge is 0.250 e. The van der Waals surface area contributed by atoms with Gasteiger partial charge in [-0.2, -0.15) is 0 Å². The first-order valence-corrected chi connectivity index (χ1v) is 5.71. The Bertz CT molecular complexity index is 529. The Kier molecular flexibility index (Phi) is 3.32. The van der Waals surface area contributed by atoms with Gasteiger partial charge >= 0.3 is 0 Å². The van der Waals surface area contributed by atoms with Gasteiger partial charge in [-0.05, 0) is 32.0 Å². The van der Waals surface area contributed by atoms with Gasteiger partial charge < -0.3 is 14.3 Å². The first-order chi connectivity index (χ1) is 8.20. The summed E-state index contributed by atoms with van der Waals surface area (Å²) in [5.74, 6) is 0.874. The summed E-state index contributed by atoms with van der Waals surface area (Å²) in [5, 5.41) is 3.29. The number of aromatic nitrogens is 1. The highest BCUT2D eigenvalue weighted by Crippen LogP contribution is 2.18. The van der Waals surface area contributed by atoms with Crippen molar-refractivity contribution < 1.29 is 4.42 Å². The molecule has 17 heavy (non-hydrogen) atoms. The third-order valence-corrected chi connectivity index (χ3v) is 2.68. The van der Waals surface area contributed by atoms with E-state index in [1.165, 1.54) is 0 Å². The lowest BCUT2D eigenvalue weighted by Crippen LogP contribution is -2.18. The Hall–Kier alpha value is -1.97. The molecule has 0 amide bonds. The topological polar surface area (TPSA) is 47.2 Å². The van der Waals surface area contributed by atoms with Crippen LogP contribution in [0.2, 0.25) is 0 Å². The minimum Gasteiger partial charge on any atom is -0.467 e. The van der Waals surface area contributed by atoms with Gasteiger partial charge in [0.05, 0.1) is 18.0 Å². The normalized spacial score (nSPS) is 12.4. The molecule has 0 aliphatic carbocycles. The molecule has 0 fully saturated rings. The van der Waals surface area contributed by atoms with Gasteiger partial charge in [0.25, 0.3) is 5.56 Å². The van der Waals surface area contributed by atoms with Crippen LogP contribution in [0.3, 0.4) is 0 Å². The molecule has 0 spiro atoms. The van der Waals surface area contributed by atoms with E-state index in [2.05, 4.69) is 5.32 Å². The van der Waals surface area contributed by atoms with Crippen LogP contribution in [0.4, 0.5) is 5.69 Å². The fourth-order valence-corrected chi connectivity index (χ4v) is 1.72. The van der Waals surface area contributed by atoms with E-state index in [0.717, 1.165) is 11.4 Å². The molecule has 2 heterocycles. The van der Waals surface area contributed by atoms with Crippen molar-refractivity contribution in [1.82, 2.24) is 4.57 Å². The van der Waals surface area contributed by atoms with E-state index < -0.39 is 0 Å². The molecule has 0 radical (unpaired) electrons. The number of rotatable bonds is 4. The average molecular weight is 232 g/mol. The molecule has 2 aromatic heterocycles. The van der Waals surface area contributed by atoms with Crippen molar-refractivity contribution in [3.8, 4) is 0 Å². The van der Waals surface area contributed by atoms with Crippen molar-refractivity contribution in [3.05, 3.63) is 52.8 Å². The minimum atomic E-state index is 0.0173. The lowest BCUT2D eigenvalue weighted by atomic mass is 10.2. The molecule has 0 saturated carbocycles. The number of hydrogen-bond donors (Lipinski definition) is 1. The highest BCUT2D eigenvalue weighted by atomic mass is 16.3. The molecule has 4 heteroatoms. The summed E-state index contributed by atoms with van der Waals surface area (Å²) >= 11 is 0. The van der Waals surface area contributed by atoms with Crippen LogP contribution < -0.4 is 10.9 Å². The van der Waals surface area contributed by atoms with Crippen molar-refractivity contribution in [1.29, 1.82) is 0 Å². The summed E-state index contributed by atoms with van der Waals surface area (Å²) in [7, 11) is 0. The number of pyridine rings is 1. The molecule has 2 rings (SSSR count). The highest BCUT2D eigenvalue weighted by Gasteiger charge is 2.08. The maximum atomic E-state index is 11.4. The summed E-state index contributed by atoms with van der Waals surface area (Å²) in [6.07, 6.45) is 3.47. The Morgan fingerprint density at radius 2 is 2.24 bits per heavy atom. The molecule has 0 saturated heterocycles. The van der Waals surface area contributed by atoms with E-state index in [9.17, 15) is 4.79 Å². The minimum absolute atomic E-state index is 0.0173. The summed E-state index contributed by atoms with van der Waals surface area (Å²) in [6, 6.07) is 7.22. The Balaban J connectivity index is 2.16. The lowest BCUT2D eigenvalue weighted by Gasteiger charge is -2.13. The van der Waals surface area contributed by atoms with Crippen LogP contribution >= 0.6 is 0 Å². The Morgan fingerprint density at radius 1 is 1.41 bits per heavy atom. The van der Waals surface area contributed by atoms with Gasteiger partial charge in [0.2, 0.25) is 0 Å². The highest BCUT2D eigenvalue weighted by molar-refractivity contribution is 5.42. The third-order valence-electron chi connectivity index (χ3n) is 2.68. The zero-order chi connectivity index (χ0) is 12.3. The molecule has 1 atom stereocenters.